The number of hydrogen-bond acceptors (Lipinski definition) is 1. The van der Waals surface area contributed by atoms with Crippen molar-refractivity contribution in [1.29, 1.82) is 0 Å². The van der Waals surface area contributed by atoms with Crippen molar-refractivity contribution in [2.24, 2.45) is 5.92 Å². The van der Waals surface area contributed by atoms with Crippen LogP contribution in [0.3, 0.4) is 0 Å². The molecule has 0 amide bonds. The third-order valence-electron chi connectivity index (χ3n) is 3.40. The second-order valence-electron chi connectivity index (χ2n) is 4.49. The zero-order valence-corrected chi connectivity index (χ0v) is 10.3. The van der Waals surface area contributed by atoms with E-state index in [9.17, 15) is 9.50 Å². The first kappa shape index (κ1) is 13.2. The van der Waals surface area contributed by atoms with Crippen LogP contribution in [0.25, 0.3) is 0 Å². The summed E-state index contributed by atoms with van der Waals surface area (Å²) in [6.07, 6.45) is 2.54. The summed E-state index contributed by atoms with van der Waals surface area (Å²) in [4.78, 5) is 0. The van der Waals surface area contributed by atoms with Crippen molar-refractivity contribution in [3.05, 3.63) is 35.6 Å². The van der Waals surface area contributed by atoms with Gasteiger partial charge in [0.1, 0.15) is 5.82 Å². The van der Waals surface area contributed by atoms with Gasteiger partial charge in [-0.2, -0.15) is 0 Å². The fourth-order valence-corrected chi connectivity index (χ4v) is 2.13. The predicted octanol–water partition coefficient (Wildman–Crippen LogP) is 3.86. The maximum absolute atomic E-state index is 12.9. The molecule has 0 radical (unpaired) electrons. The van der Waals surface area contributed by atoms with Crippen molar-refractivity contribution in [1.82, 2.24) is 0 Å². The molecule has 0 aliphatic heterocycles. The van der Waals surface area contributed by atoms with E-state index in [0.29, 0.717) is 6.42 Å². The Morgan fingerprint density at radius 1 is 1.25 bits per heavy atom. The fraction of sp³-hybridized carbons (Fsp3) is 0.571. The van der Waals surface area contributed by atoms with Gasteiger partial charge in [-0.1, -0.05) is 45.7 Å². The molecule has 0 bridgehead atoms. The van der Waals surface area contributed by atoms with Gasteiger partial charge in [0.2, 0.25) is 0 Å². The van der Waals surface area contributed by atoms with Crippen LogP contribution in [0.15, 0.2) is 24.3 Å². The molecular formula is C14H21FO. The number of halogens is 1. The lowest BCUT2D eigenvalue weighted by molar-refractivity contribution is -0.0274. The van der Waals surface area contributed by atoms with E-state index >= 15 is 0 Å². The van der Waals surface area contributed by atoms with Crippen LogP contribution in [-0.2, 0) is 5.60 Å². The van der Waals surface area contributed by atoms with E-state index < -0.39 is 5.60 Å². The van der Waals surface area contributed by atoms with E-state index in [1.165, 1.54) is 12.1 Å². The average Bonchev–Trinajstić information content (AvgIpc) is 2.29. The molecule has 16 heavy (non-hydrogen) atoms. The first-order valence-corrected chi connectivity index (χ1v) is 6.03. The van der Waals surface area contributed by atoms with Gasteiger partial charge in [-0.15, -0.1) is 0 Å². The van der Waals surface area contributed by atoms with Crippen LogP contribution in [0.5, 0.6) is 0 Å². The Hall–Kier alpha value is -0.890. The Balaban J connectivity index is 3.05. The summed E-state index contributed by atoms with van der Waals surface area (Å²) in [5, 5.41) is 10.7. The second kappa shape index (κ2) is 5.44. The lowest BCUT2D eigenvalue weighted by Gasteiger charge is -2.34. The zero-order valence-electron chi connectivity index (χ0n) is 10.3. The Kier molecular flexibility index (Phi) is 4.48. The van der Waals surface area contributed by atoms with Crippen molar-refractivity contribution in [2.45, 2.75) is 45.6 Å². The minimum absolute atomic E-state index is 0.179. The summed E-state index contributed by atoms with van der Waals surface area (Å²) < 4.78 is 12.9. The highest BCUT2D eigenvalue weighted by molar-refractivity contribution is 5.23. The number of aliphatic hydroxyl groups is 1. The maximum atomic E-state index is 12.9. The quantitative estimate of drug-likeness (QED) is 0.805. The van der Waals surface area contributed by atoms with Crippen molar-refractivity contribution >= 4 is 0 Å². The zero-order chi connectivity index (χ0) is 12.2. The number of hydrogen-bond donors (Lipinski definition) is 1. The largest absolute Gasteiger partial charge is 0.385 e. The molecule has 2 heteroatoms. The minimum atomic E-state index is -0.822. The summed E-state index contributed by atoms with van der Waals surface area (Å²) in [7, 11) is 0. The number of rotatable bonds is 5. The van der Waals surface area contributed by atoms with E-state index in [0.717, 1.165) is 18.4 Å². The molecule has 1 aromatic carbocycles. The molecular weight excluding hydrogens is 203 g/mol. The maximum Gasteiger partial charge on any atom is 0.123 e. The molecule has 0 spiro atoms. The molecule has 0 saturated heterocycles. The van der Waals surface area contributed by atoms with Gasteiger partial charge in [-0.25, -0.2) is 4.39 Å². The lowest BCUT2D eigenvalue weighted by atomic mass is 9.78. The van der Waals surface area contributed by atoms with Gasteiger partial charge in [-0.05, 0) is 30.0 Å². The van der Waals surface area contributed by atoms with E-state index in [4.69, 9.17) is 0 Å². The minimum Gasteiger partial charge on any atom is -0.385 e. The van der Waals surface area contributed by atoms with Gasteiger partial charge < -0.3 is 5.11 Å². The summed E-state index contributed by atoms with van der Waals surface area (Å²) in [5.74, 6) is -0.0790. The Morgan fingerprint density at radius 2 is 1.81 bits per heavy atom. The summed E-state index contributed by atoms with van der Waals surface area (Å²) >= 11 is 0. The van der Waals surface area contributed by atoms with E-state index in [2.05, 4.69) is 13.8 Å². The number of benzene rings is 1. The normalized spacial score (nSPS) is 16.8. The molecule has 1 aromatic rings. The molecule has 0 fully saturated rings. The van der Waals surface area contributed by atoms with Gasteiger partial charge in [0.15, 0.2) is 0 Å². The predicted molar refractivity (Wildman–Crippen MR) is 64.7 cm³/mol. The Labute approximate surface area is 97.3 Å². The molecule has 1 rings (SSSR count). The third kappa shape index (κ3) is 2.62. The van der Waals surface area contributed by atoms with E-state index in [1.54, 1.807) is 12.1 Å². The van der Waals surface area contributed by atoms with Crippen LogP contribution in [0.4, 0.5) is 4.39 Å². The molecule has 2 unspecified atom stereocenters. The molecule has 0 aliphatic carbocycles. The topological polar surface area (TPSA) is 20.2 Å². The van der Waals surface area contributed by atoms with Crippen LogP contribution < -0.4 is 0 Å². The summed E-state index contributed by atoms with van der Waals surface area (Å²) in [6, 6.07) is 6.21. The van der Waals surface area contributed by atoms with Crippen molar-refractivity contribution in [2.75, 3.05) is 0 Å². The van der Waals surface area contributed by atoms with Gasteiger partial charge >= 0.3 is 0 Å². The van der Waals surface area contributed by atoms with Gasteiger partial charge in [0, 0.05) is 0 Å². The van der Waals surface area contributed by atoms with Crippen molar-refractivity contribution < 1.29 is 9.50 Å². The molecule has 0 saturated carbocycles. The van der Waals surface area contributed by atoms with Crippen molar-refractivity contribution in [3.8, 4) is 0 Å². The lowest BCUT2D eigenvalue weighted by Crippen LogP contribution is -2.33. The molecule has 1 nitrogen and oxygen atoms in total. The van der Waals surface area contributed by atoms with E-state index in [1.807, 2.05) is 6.92 Å². The van der Waals surface area contributed by atoms with Crippen LogP contribution in [0.1, 0.15) is 45.6 Å². The second-order valence-corrected chi connectivity index (χ2v) is 4.49. The van der Waals surface area contributed by atoms with Crippen LogP contribution in [-0.4, -0.2) is 5.11 Å². The monoisotopic (exact) mass is 224 g/mol. The first-order valence-electron chi connectivity index (χ1n) is 6.03. The van der Waals surface area contributed by atoms with Crippen molar-refractivity contribution in [3.63, 3.8) is 0 Å². The fourth-order valence-electron chi connectivity index (χ4n) is 2.13. The highest BCUT2D eigenvalue weighted by Gasteiger charge is 2.33. The Morgan fingerprint density at radius 3 is 2.25 bits per heavy atom. The molecule has 90 valence electrons. The third-order valence-corrected chi connectivity index (χ3v) is 3.40. The highest BCUT2D eigenvalue weighted by Crippen LogP contribution is 2.35. The molecule has 0 aromatic heterocycles. The molecule has 2 atom stereocenters. The Bertz CT molecular complexity index is 320. The van der Waals surface area contributed by atoms with Gasteiger partial charge in [0.05, 0.1) is 5.60 Å². The molecule has 1 N–H and O–H groups in total. The van der Waals surface area contributed by atoms with Crippen LogP contribution >= 0.6 is 0 Å². The smallest absolute Gasteiger partial charge is 0.123 e. The van der Waals surface area contributed by atoms with Crippen LogP contribution in [0.2, 0.25) is 0 Å². The SMILES string of the molecule is CCCC(O)(c1ccc(F)cc1)C(C)CC. The standard InChI is InChI=1S/C14H21FO/c1-4-10-14(16,11(3)5-2)12-6-8-13(15)9-7-12/h6-9,11,16H,4-5,10H2,1-3H3. The van der Waals surface area contributed by atoms with Gasteiger partial charge in [0.25, 0.3) is 0 Å². The first-order chi connectivity index (χ1) is 7.54. The summed E-state index contributed by atoms with van der Waals surface area (Å²) in [6.45, 7) is 6.16. The average molecular weight is 224 g/mol. The molecule has 0 aliphatic rings. The van der Waals surface area contributed by atoms with Gasteiger partial charge in [-0.3, -0.25) is 0 Å². The highest BCUT2D eigenvalue weighted by atomic mass is 19.1. The van der Waals surface area contributed by atoms with E-state index in [-0.39, 0.29) is 11.7 Å². The molecule has 0 heterocycles. The summed E-state index contributed by atoms with van der Waals surface area (Å²) in [5.41, 5.74) is 0.00194. The van der Waals surface area contributed by atoms with Crippen LogP contribution in [0, 0.1) is 11.7 Å².